The van der Waals surface area contributed by atoms with Crippen LogP contribution in [0, 0.1) is 10.8 Å². The Hall–Kier alpha value is -3.97. The lowest BCUT2D eigenvalue weighted by molar-refractivity contribution is -0.119. The Morgan fingerprint density at radius 3 is 1.98 bits per heavy atom. The first-order chi connectivity index (χ1) is 21.8. The summed E-state index contributed by atoms with van der Waals surface area (Å²) >= 11 is 3.66. The van der Waals surface area contributed by atoms with Crippen molar-refractivity contribution in [1.82, 2.24) is 4.90 Å². The fraction of sp³-hybridized carbons (Fsp3) is 0.359. The first kappa shape index (κ1) is 32.0. The predicted molar refractivity (Wildman–Crippen MR) is 182 cm³/mol. The number of allylic oxidation sites excluding steroid dienone is 4. The molecule has 0 fully saturated rings. The number of carboxylic acid groups (broad SMARTS) is 1. The molecule has 46 heavy (non-hydrogen) atoms. The van der Waals surface area contributed by atoms with E-state index >= 15 is 0 Å². The van der Waals surface area contributed by atoms with Crippen LogP contribution >= 0.6 is 15.9 Å². The Morgan fingerprint density at radius 1 is 0.826 bits per heavy atom. The van der Waals surface area contributed by atoms with Gasteiger partial charge in [-0.25, -0.2) is 4.79 Å². The van der Waals surface area contributed by atoms with Crippen molar-refractivity contribution in [3.05, 3.63) is 122 Å². The van der Waals surface area contributed by atoms with Gasteiger partial charge in [-0.15, -0.1) is 0 Å². The fourth-order valence-corrected chi connectivity index (χ4v) is 7.67. The van der Waals surface area contributed by atoms with Crippen LogP contribution in [0.15, 0.2) is 99.8 Å². The van der Waals surface area contributed by atoms with Gasteiger partial charge in [-0.2, -0.15) is 0 Å². The van der Waals surface area contributed by atoms with Gasteiger partial charge < -0.3 is 14.7 Å². The van der Waals surface area contributed by atoms with E-state index in [4.69, 9.17) is 4.74 Å². The van der Waals surface area contributed by atoms with Gasteiger partial charge in [0.15, 0.2) is 11.6 Å². The molecular weight excluding hydrogens is 642 g/mol. The second-order valence-electron chi connectivity index (χ2n) is 14.4. The van der Waals surface area contributed by atoms with Gasteiger partial charge in [-0.05, 0) is 71.6 Å². The van der Waals surface area contributed by atoms with Crippen molar-refractivity contribution in [3.8, 4) is 5.75 Å². The van der Waals surface area contributed by atoms with Crippen LogP contribution in [-0.4, -0.2) is 34.1 Å². The zero-order valence-electron chi connectivity index (χ0n) is 26.9. The molecule has 1 heterocycles. The maximum absolute atomic E-state index is 14.3. The molecule has 0 bridgehead atoms. The SMILES string of the molecule is CC1(C)CC(=O)C2=C(C1)N(CCc1ccccc1)C1=C(C(=O)CC(C)(C)C1)C2c1cc(Br)ccc1OCc1ccc(C(=O)O)cc1. The van der Waals surface area contributed by atoms with Crippen molar-refractivity contribution in [3.63, 3.8) is 0 Å². The van der Waals surface area contributed by atoms with Gasteiger partial charge in [0.25, 0.3) is 0 Å². The van der Waals surface area contributed by atoms with Gasteiger partial charge in [-0.3, -0.25) is 9.59 Å². The topological polar surface area (TPSA) is 83.9 Å². The number of aromatic carboxylic acids is 1. The van der Waals surface area contributed by atoms with E-state index in [1.54, 1.807) is 24.3 Å². The molecule has 0 atom stereocenters. The minimum atomic E-state index is -0.980. The summed E-state index contributed by atoms with van der Waals surface area (Å²) in [4.78, 5) is 42.3. The summed E-state index contributed by atoms with van der Waals surface area (Å²) in [5.41, 5.74) is 6.11. The Balaban J connectivity index is 1.48. The number of ketones is 2. The maximum atomic E-state index is 14.3. The third-order valence-corrected chi connectivity index (χ3v) is 9.86. The molecule has 1 N–H and O–H groups in total. The molecule has 0 unspecified atom stereocenters. The van der Waals surface area contributed by atoms with Gasteiger partial charge in [0.05, 0.1) is 5.56 Å². The number of benzene rings is 3. The van der Waals surface area contributed by atoms with Gasteiger partial charge in [0, 0.05) is 57.9 Å². The number of rotatable bonds is 8. The van der Waals surface area contributed by atoms with Crippen molar-refractivity contribution < 1.29 is 24.2 Å². The second kappa shape index (κ2) is 12.3. The zero-order chi connectivity index (χ0) is 32.8. The molecule has 0 radical (unpaired) electrons. The van der Waals surface area contributed by atoms with Crippen LogP contribution < -0.4 is 4.74 Å². The van der Waals surface area contributed by atoms with Crippen LogP contribution in [0.1, 0.15) is 86.3 Å². The molecule has 0 spiro atoms. The van der Waals surface area contributed by atoms with E-state index in [2.05, 4.69) is 60.7 Å². The van der Waals surface area contributed by atoms with Crippen molar-refractivity contribution in [2.45, 2.75) is 72.3 Å². The number of ether oxygens (including phenoxy) is 1. The lowest BCUT2D eigenvalue weighted by atomic mass is 9.63. The molecule has 2 aliphatic carbocycles. The quantitative estimate of drug-likeness (QED) is 0.256. The lowest BCUT2D eigenvalue weighted by Gasteiger charge is -2.49. The third kappa shape index (κ3) is 6.48. The normalized spacial score (nSPS) is 19.2. The number of carbonyl (C=O) groups is 3. The van der Waals surface area contributed by atoms with Crippen LogP contribution in [0.25, 0.3) is 0 Å². The van der Waals surface area contributed by atoms with Crippen molar-refractivity contribution in [1.29, 1.82) is 0 Å². The van der Waals surface area contributed by atoms with Crippen molar-refractivity contribution in [2.75, 3.05) is 6.54 Å². The smallest absolute Gasteiger partial charge is 0.335 e. The molecule has 238 valence electrons. The number of Topliss-reactive ketones (excluding diaryl/α,β-unsaturated/α-hetero) is 2. The van der Waals surface area contributed by atoms with Crippen LogP contribution in [0.2, 0.25) is 0 Å². The number of hydrogen-bond donors (Lipinski definition) is 1. The van der Waals surface area contributed by atoms with E-state index in [-0.39, 0.29) is 34.6 Å². The monoisotopic (exact) mass is 681 g/mol. The van der Waals surface area contributed by atoms with Gasteiger partial charge in [0.1, 0.15) is 12.4 Å². The summed E-state index contributed by atoms with van der Waals surface area (Å²) in [5, 5.41) is 9.29. The fourth-order valence-electron chi connectivity index (χ4n) is 7.30. The second-order valence-corrected chi connectivity index (χ2v) is 15.3. The van der Waals surface area contributed by atoms with Crippen LogP contribution in [0.5, 0.6) is 5.75 Å². The molecule has 3 aromatic rings. The highest BCUT2D eigenvalue weighted by atomic mass is 79.9. The summed E-state index contributed by atoms with van der Waals surface area (Å²) < 4.78 is 7.26. The molecule has 3 aliphatic rings. The van der Waals surface area contributed by atoms with E-state index < -0.39 is 11.9 Å². The Bertz CT molecular complexity index is 1710. The first-order valence-corrected chi connectivity index (χ1v) is 16.7. The number of carbonyl (C=O) groups excluding carboxylic acids is 2. The van der Waals surface area contributed by atoms with Gasteiger partial charge >= 0.3 is 5.97 Å². The van der Waals surface area contributed by atoms with E-state index in [1.165, 1.54) is 5.56 Å². The zero-order valence-corrected chi connectivity index (χ0v) is 28.4. The summed E-state index contributed by atoms with van der Waals surface area (Å²) in [6.45, 7) is 9.52. The Kier molecular flexibility index (Phi) is 8.57. The van der Waals surface area contributed by atoms with Crippen molar-refractivity contribution in [2.24, 2.45) is 10.8 Å². The molecule has 6 rings (SSSR count). The number of halogens is 1. The van der Waals surface area contributed by atoms with Crippen LogP contribution in [-0.2, 0) is 22.6 Å². The molecule has 1 aliphatic heterocycles. The summed E-state index contributed by atoms with van der Waals surface area (Å²) in [6.07, 6.45) is 3.11. The predicted octanol–water partition coefficient (Wildman–Crippen LogP) is 8.65. The average molecular weight is 683 g/mol. The molecule has 0 aromatic heterocycles. The summed E-state index contributed by atoms with van der Waals surface area (Å²) in [5.74, 6) is -0.749. The van der Waals surface area contributed by atoms with E-state index in [0.29, 0.717) is 36.3 Å². The highest BCUT2D eigenvalue weighted by molar-refractivity contribution is 9.10. The first-order valence-electron chi connectivity index (χ1n) is 15.9. The number of nitrogens with zero attached hydrogens (tertiary/aromatic N) is 1. The summed E-state index contributed by atoms with van der Waals surface area (Å²) in [7, 11) is 0. The van der Waals surface area contributed by atoms with Crippen molar-refractivity contribution >= 4 is 33.5 Å². The highest BCUT2D eigenvalue weighted by Gasteiger charge is 2.49. The van der Waals surface area contributed by atoms with Gasteiger partial charge in [-0.1, -0.05) is 86.1 Å². The average Bonchev–Trinajstić information content (AvgIpc) is 2.98. The van der Waals surface area contributed by atoms with Crippen LogP contribution in [0.3, 0.4) is 0 Å². The minimum absolute atomic E-state index is 0.0836. The van der Waals surface area contributed by atoms with Crippen LogP contribution in [0.4, 0.5) is 0 Å². The van der Waals surface area contributed by atoms with Gasteiger partial charge in [0.2, 0.25) is 0 Å². The number of hydrogen-bond acceptors (Lipinski definition) is 5. The summed E-state index contributed by atoms with van der Waals surface area (Å²) in [6, 6.07) is 22.8. The Morgan fingerprint density at radius 2 is 1.41 bits per heavy atom. The molecule has 0 saturated heterocycles. The minimum Gasteiger partial charge on any atom is -0.489 e. The van der Waals surface area contributed by atoms with E-state index in [0.717, 1.165) is 46.3 Å². The molecule has 0 saturated carbocycles. The van der Waals surface area contributed by atoms with E-state index in [1.807, 2.05) is 36.4 Å². The number of carboxylic acids is 1. The Labute approximate surface area is 279 Å². The maximum Gasteiger partial charge on any atom is 0.335 e. The standard InChI is InChI=1S/C39H40BrNO5/c1-38(2)19-29-35(31(42)21-38)34(28-18-27(40)14-15-33(28)46-23-25-10-12-26(13-11-25)37(44)45)36-30(20-39(3,4)22-32(36)43)41(29)17-16-24-8-6-5-7-9-24/h5-15,18,34H,16-17,19-23H2,1-4H3,(H,44,45). The molecule has 6 nitrogen and oxygen atoms in total. The molecule has 7 heteroatoms. The van der Waals surface area contributed by atoms with E-state index in [9.17, 15) is 19.5 Å². The molecule has 3 aromatic carbocycles. The third-order valence-electron chi connectivity index (χ3n) is 9.37. The lowest BCUT2D eigenvalue weighted by Crippen LogP contribution is -2.45. The molecular formula is C39H40BrNO5. The highest BCUT2D eigenvalue weighted by Crippen LogP contribution is 2.55. The molecule has 0 amide bonds. The largest absolute Gasteiger partial charge is 0.489 e.